The van der Waals surface area contributed by atoms with Gasteiger partial charge in [-0.15, -0.1) is 5.10 Å². The molecule has 0 fully saturated rings. The summed E-state index contributed by atoms with van der Waals surface area (Å²) in [6.45, 7) is -0.435. The van der Waals surface area contributed by atoms with Crippen LogP contribution in [0.15, 0.2) is 53.3 Å². The molecule has 2 heterocycles. The topological polar surface area (TPSA) is 106 Å². The van der Waals surface area contributed by atoms with E-state index in [0.717, 1.165) is 16.0 Å². The molecule has 0 saturated carbocycles. The molecule has 0 bridgehead atoms. The number of aliphatic hydroxyl groups excluding tert-OH is 1. The summed E-state index contributed by atoms with van der Waals surface area (Å²) in [6, 6.07) is 14.3. The zero-order valence-electron chi connectivity index (χ0n) is 14.5. The van der Waals surface area contributed by atoms with Crippen LogP contribution in [0.25, 0.3) is 10.9 Å². The van der Waals surface area contributed by atoms with Crippen molar-refractivity contribution in [2.45, 2.75) is 18.5 Å². The summed E-state index contributed by atoms with van der Waals surface area (Å²) in [5.41, 5.74) is 0.0438. The number of carbonyl (C=O) groups is 1. The average Bonchev–Trinajstić information content (AvgIpc) is 2.70. The van der Waals surface area contributed by atoms with E-state index in [9.17, 15) is 14.7 Å². The van der Waals surface area contributed by atoms with Gasteiger partial charge in [-0.3, -0.25) is 9.59 Å². The van der Waals surface area contributed by atoms with Crippen molar-refractivity contribution >= 4 is 16.8 Å². The van der Waals surface area contributed by atoms with Gasteiger partial charge in [0, 0.05) is 6.42 Å². The Kier molecular flexibility index (Phi) is 4.33. The molecular formula is C19H18N4O4. The third-order valence-electron chi connectivity index (χ3n) is 4.64. The number of aromatic nitrogens is 3. The molecule has 1 aliphatic rings. The fraction of sp³-hybridized carbons (Fsp3) is 0.263. The number of carbonyl (C=O) groups excluding carboxylic acids is 1. The van der Waals surface area contributed by atoms with Crippen molar-refractivity contribution in [1.82, 2.24) is 20.3 Å². The molecule has 1 atom stereocenters. The molecule has 2 N–H and O–H groups in total. The first-order valence-electron chi connectivity index (χ1n) is 8.55. The van der Waals surface area contributed by atoms with Crippen molar-refractivity contribution in [1.29, 1.82) is 0 Å². The molecule has 3 aromatic rings. The van der Waals surface area contributed by atoms with Gasteiger partial charge in [0.25, 0.3) is 5.56 Å². The van der Waals surface area contributed by atoms with Crippen LogP contribution < -0.4 is 15.6 Å². The molecule has 2 aromatic carbocycles. The third-order valence-corrected chi connectivity index (χ3v) is 4.64. The van der Waals surface area contributed by atoms with E-state index in [1.165, 1.54) is 0 Å². The summed E-state index contributed by atoms with van der Waals surface area (Å²) in [6.07, 6.45) is 0.434. The molecule has 1 aliphatic heterocycles. The molecule has 0 radical (unpaired) electrons. The van der Waals surface area contributed by atoms with Crippen LogP contribution >= 0.6 is 0 Å². The fourth-order valence-corrected chi connectivity index (χ4v) is 3.24. The highest BCUT2D eigenvalue weighted by Crippen LogP contribution is 2.29. The number of nitrogens with zero attached hydrogens (tertiary/aromatic N) is 3. The van der Waals surface area contributed by atoms with Gasteiger partial charge in [0.1, 0.15) is 30.0 Å². The molecule has 8 heteroatoms. The Morgan fingerprint density at radius 3 is 2.85 bits per heavy atom. The monoisotopic (exact) mass is 366 g/mol. The standard InChI is InChI=1S/C19H18N4O4/c24-11-19(9-13-5-1-4-8-16(13)27-12-19)20-17(25)10-23-18(26)14-6-2-3-7-15(14)21-22-23/h1-8,24H,9-12H2,(H,20,25). The highest BCUT2D eigenvalue weighted by molar-refractivity contribution is 5.78. The van der Waals surface area contributed by atoms with Crippen LogP contribution in [0.3, 0.4) is 0 Å². The summed E-state index contributed by atoms with van der Waals surface area (Å²) < 4.78 is 6.71. The van der Waals surface area contributed by atoms with Gasteiger partial charge in [-0.2, -0.15) is 0 Å². The second kappa shape index (κ2) is 6.81. The maximum atomic E-state index is 12.5. The summed E-state index contributed by atoms with van der Waals surface area (Å²) in [5, 5.41) is 20.9. The van der Waals surface area contributed by atoms with Crippen molar-refractivity contribution in [3.8, 4) is 5.75 Å². The Morgan fingerprint density at radius 1 is 1.22 bits per heavy atom. The van der Waals surface area contributed by atoms with Crippen molar-refractivity contribution < 1.29 is 14.6 Å². The van der Waals surface area contributed by atoms with Gasteiger partial charge >= 0.3 is 0 Å². The lowest BCUT2D eigenvalue weighted by atomic mass is 9.89. The van der Waals surface area contributed by atoms with Crippen LogP contribution in [-0.2, 0) is 17.8 Å². The SMILES string of the molecule is O=C(Cn1nnc2ccccc2c1=O)NC1(CO)COc2ccccc2C1. The van der Waals surface area contributed by atoms with Crippen LogP contribution in [0.2, 0.25) is 0 Å². The van der Waals surface area contributed by atoms with Crippen molar-refractivity contribution in [3.63, 3.8) is 0 Å². The molecule has 1 unspecified atom stereocenters. The Labute approximate surface area is 154 Å². The number of benzene rings is 2. The maximum absolute atomic E-state index is 12.5. The zero-order valence-corrected chi connectivity index (χ0v) is 14.5. The summed E-state index contributed by atoms with van der Waals surface area (Å²) in [4.78, 5) is 25.0. The highest BCUT2D eigenvalue weighted by Gasteiger charge is 2.37. The minimum atomic E-state index is -0.945. The Morgan fingerprint density at radius 2 is 2.00 bits per heavy atom. The molecule has 1 amide bonds. The first-order chi connectivity index (χ1) is 13.1. The smallest absolute Gasteiger partial charge is 0.278 e. The number of rotatable bonds is 4. The van der Waals surface area contributed by atoms with E-state index in [2.05, 4.69) is 15.6 Å². The normalized spacial score (nSPS) is 18.6. The van der Waals surface area contributed by atoms with Gasteiger partial charge in [0.05, 0.1) is 12.0 Å². The molecule has 27 heavy (non-hydrogen) atoms. The lowest BCUT2D eigenvalue weighted by molar-refractivity contribution is -0.125. The van der Waals surface area contributed by atoms with E-state index in [-0.39, 0.29) is 25.3 Å². The van der Waals surface area contributed by atoms with E-state index in [1.807, 2.05) is 24.3 Å². The van der Waals surface area contributed by atoms with Crippen molar-refractivity contribution in [3.05, 3.63) is 64.4 Å². The van der Waals surface area contributed by atoms with Crippen LogP contribution in [0.4, 0.5) is 0 Å². The number of hydrogen-bond donors (Lipinski definition) is 2. The molecule has 0 aliphatic carbocycles. The van der Waals surface area contributed by atoms with Gasteiger partial charge in [-0.25, -0.2) is 4.68 Å². The largest absolute Gasteiger partial charge is 0.491 e. The fourth-order valence-electron chi connectivity index (χ4n) is 3.24. The number of para-hydroxylation sites is 1. The van der Waals surface area contributed by atoms with Crippen molar-refractivity contribution in [2.75, 3.05) is 13.2 Å². The summed E-state index contributed by atoms with van der Waals surface area (Å²) in [7, 11) is 0. The molecule has 4 rings (SSSR count). The van der Waals surface area contributed by atoms with Gasteiger partial charge < -0.3 is 15.2 Å². The average molecular weight is 366 g/mol. The van der Waals surface area contributed by atoms with Gasteiger partial charge in [-0.1, -0.05) is 35.5 Å². The van der Waals surface area contributed by atoms with Crippen LogP contribution in [0.5, 0.6) is 5.75 Å². The molecule has 0 spiro atoms. The van der Waals surface area contributed by atoms with Crippen LogP contribution in [0.1, 0.15) is 5.56 Å². The molecule has 1 aromatic heterocycles. The van der Waals surface area contributed by atoms with Gasteiger partial charge in [0.15, 0.2) is 0 Å². The molecular weight excluding hydrogens is 348 g/mol. The minimum Gasteiger partial charge on any atom is -0.491 e. The van der Waals surface area contributed by atoms with E-state index >= 15 is 0 Å². The highest BCUT2D eigenvalue weighted by atomic mass is 16.5. The second-order valence-electron chi connectivity index (χ2n) is 6.63. The predicted molar refractivity (Wildman–Crippen MR) is 97.4 cm³/mol. The van der Waals surface area contributed by atoms with E-state index in [0.29, 0.717) is 17.3 Å². The first kappa shape index (κ1) is 17.2. The summed E-state index contributed by atoms with van der Waals surface area (Å²) >= 11 is 0. The van der Waals surface area contributed by atoms with Gasteiger partial charge in [0.2, 0.25) is 5.91 Å². The van der Waals surface area contributed by atoms with E-state index in [1.54, 1.807) is 24.3 Å². The Bertz CT molecular complexity index is 1060. The zero-order chi connectivity index (χ0) is 18.9. The quantitative estimate of drug-likeness (QED) is 0.687. The number of nitrogens with one attached hydrogen (secondary N) is 1. The number of amides is 1. The van der Waals surface area contributed by atoms with Gasteiger partial charge in [-0.05, 0) is 23.8 Å². The summed E-state index contributed by atoms with van der Waals surface area (Å²) in [5.74, 6) is 0.297. The number of ether oxygens (including phenoxy) is 1. The van der Waals surface area contributed by atoms with E-state index in [4.69, 9.17) is 4.74 Å². The van der Waals surface area contributed by atoms with E-state index < -0.39 is 11.4 Å². The van der Waals surface area contributed by atoms with Crippen LogP contribution in [-0.4, -0.2) is 44.8 Å². The minimum absolute atomic E-state index is 0.143. The molecule has 8 nitrogen and oxygen atoms in total. The Balaban J connectivity index is 1.54. The predicted octanol–water partition coefficient (Wildman–Crippen LogP) is 0.274. The van der Waals surface area contributed by atoms with Crippen LogP contribution in [0, 0.1) is 0 Å². The van der Waals surface area contributed by atoms with Crippen molar-refractivity contribution in [2.24, 2.45) is 0 Å². The second-order valence-corrected chi connectivity index (χ2v) is 6.63. The Hall–Kier alpha value is -3.26. The third kappa shape index (κ3) is 3.26. The lowest BCUT2D eigenvalue weighted by Gasteiger charge is -2.37. The number of aliphatic hydroxyl groups is 1. The maximum Gasteiger partial charge on any atom is 0.278 e. The molecule has 138 valence electrons. The first-order valence-corrected chi connectivity index (χ1v) is 8.55. The molecule has 0 saturated heterocycles. The number of fused-ring (bicyclic) bond motifs is 2. The number of hydrogen-bond acceptors (Lipinski definition) is 6. The lowest BCUT2D eigenvalue weighted by Crippen LogP contribution is -2.59.